The van der Waals surface area contributed by atoms with E-state index in [9.17, 15) is 8.42 Å². The minimum absolute atomic E-state index is 0.477. The van der Waals surface area contributed by atoms with E-state index >= 15 is 0 Å². The Morgan fingerprint density at radius 3 is 2.63 bits per heavy atom. The minimum Gasteiger partial charge on any atom is -0.314 e. The molecule has 2 aliphatic heterocycles. The highest BCUT2D eigenvalue weighted by molar-refractivity contribution is 7.91. The zero-order chi connectivity index (χ0) is 13.3. The molecule has 6 heteroatoms. The van der Waals surface area contributed by atoms with E-state index in [0.29, 0.717) is 29.3 Å². The van der Waals surface area contributed by atoms with E-state index in [0.717, 1.165) is 19.4 Å². The number of hydrogen-bond acceptors (Lipinski definition) is 4. The van der Waals surface area contributed by atoms with Gasteiger partial charge in [-0.1, -0.05) is 6.07 Å². The van der Waals surface area contributed by atoms with E-state index in [-0.39, 0.29) is 0 Å². The lowest BCUT2D eigenvalue weighted by Gasteiger charge is -2.33. The molecule has 2 saturated heterocycles. The molecule has 0 amide bonds. The lowest BCUT2D eigenvalue weighted by atomic mass is 9.89. The van der Waals surface area contributed by atoms with Gasteiger partial charge in [0.05, 0.1) is 0 Å². The van der Waals surface area contributed by atoms with E-state index in [2.05, 4.69) is 5.32 Å². The fourth-order valence-corrected chi connectivity index (χ4v) is 5.78. The molecule has 0 spiro atoms. The Morgan fingerprint density at radius 1 is 1.26 bits per heavy atom. The first-order chi connectivity index (χ1) is 9.18. The van der Waals surface area contributed by atoms with Crippen LogP contribution in [-0.2, 0) is 10.0 Å². The number of nitrogens with one attached hydrogen (secondary N) is 1. The first kappa shape index (κ1) is 13.5. The normalized spacial score (nSPS) is 26.8. The summed E-state index contributed by atoms with van der Waals surface area (Å²) >= 11 is 1.31. The van der Waals surface area contributed by atoms with Crippen molar-refractivity contribution in [2.24, 2.45) is 5.92 Å². The van der Waals surface area contributed by atoms with Crippen LogP contribution in [0.5, 0.6) is 0 Å². The molecule has 1 atom stereocenters. The third-order valence-corrected chi connectivity index (χ3v) is 7.53. The third-order valence-electron chi connectivity index (χ3n) is 4.26. The van der Waals surface area contributed by atoms with Crippen molar-refractivity contribution in [1.29, 1.82) is 0 Å². The van der Waals surface area contributed by atoms with Crippen LogP contribution in [0.3, 0.4) is 0 Å². The summed E-state index contributed by atoms with van der Waals surface area (Å²) in [6.45, 7) is 2.46. The Balaban J connectivity index is 1.64. The fourth-order valence-electron chi connectivity index (χ4n) is 3.17. The summed E-state index contributed by atoms with van der Waals surface area (Å²) in [7, 11) is -3.23. The molecular weight excluding hydrogens is 280 g/mol. The highest BCUT2D eigenvalue weighted by Gasteiger charge is 2.33. The maximum atomic E-state index is 12.4. The van der Waals surface area contributed by atoms with Crippen molar-refractivity contribution < 1.29 is 8.42 Å². The van der Waals surface area contributed by atoms with Gasteiger partial charge in [-0.2, -0.15) is 4.31 Å². The average Bonchev–Trinajstić information content (AvgIpc) is 3.12. The van der Waals surface area contributed by atoms with Crippen LogP contribution < -0.4 is 5.32 Å². The fraction of sp³-hybridized carbons (Fsp3) is 0.692. The van der Waals surface area contributed by atoms with E-state index < -0.39 is 10.0 Å². The van der Waals surface area contributed by atoms with Crippen LogP contribution in [0.2, 0.25) is 0 Å². The summed E-state index contributed by atoms with van der Waals surface area (Å²) in [5.41, 5.74) is 0. The van der Waals surface area contributed by atoms with Crippen molar-refractivity contribution in [1.82, 2.24) is 9.62 Å². The summed E-state index contributed by atoms with van der Waals surface area (Å²) in [5.74, 6) is 0.650. The van der Waals surface area contributed by atoms with Crippen molar-refractivity contribution in [2.45, 2.75) is 35.9 Å². The van der Waals surface area contributed by atoms with Gasteiger partial charge in [-0.15, -0.1) is 11.3 Å². The SMILES string of the molecule is O=S(=O)(c1cccs1)N1CCC(C2CCCN2)CC1. The van der Waals surface area contributed by atoms with Crippen LogP contribution >= 0.6 is 11.3 Å². The van der Waals surface area contributed by atoms with Crippen LogP contribution in [0.15, 0.2) is 21.7 Å². The van der Waals surface area contributed by atoms with Gasteiger partial charge in [0, 0.05) is 19.1 Å². The molecule has 2 aliphatic rings. The Morgan fingerprint density at radius 2 is 2.05 bits per heavy atom. The van der Waals surface area contributed by atoms with Gasteiger partial charge < -0.3 is 5.32 Å². The maximum absolute atomic E-state index is 12.4. The van der Waals surface area contributed by atoms with Gasteiger partial charge in [0.15, 0.2) is 0 Å². The van der Waals surface area contributed by atoms with Crippen molar-refractivity contribution in [3.05, 3.63) is 17.5 Å². The molecular formula is C13H20N2O2S2. The summed E-state index contributed by atoms with van der Waals surface area (Å²) in [4.78, 5) is 0. The number of thiophene rings is 1. The number of piperidine rings is 1. The number of hydrogen-bond donors (Lipinski definition) is 1. The van der Waals surface area contributed by atoms with Crippen molar-refractivity contribution in [3.63, 3.8) is 0 Å². The smallest absolute Gasteiger partial charge is 0.252 e. The first-order valence-electron chi connectivity index (χ1n) is 6.95. The molecule has 1 aromatic heterocycles. The second kappa shape index (κ2) is 5.52. The topological polar surface area (TPSA) is 49.4 Å². The third kappa shape index (κ3) is 2.72. The highest BCUT2D eigenvalue weighted by atomic mass is 32.2. The van der Waals surface area contributed by atoms with Crippen LogP contribution in [0.25, 0.3) is 0 Å². The van der Waals surface area contributed by atoms with Crippen LogP contribution in [-0.4, -0.2) is 38.4 Å². The molecule has 0 radical (unpaired) electrons. The predicted octanol–water partition coefficient (Wildman–Crippen LogP) is 1.90. The molecule has 1 unspecified atom stereocenters. The molecule has 1 aromatic rings. The lowest BCUT2D eigenvalue weighted by Crippen LogP contribution is -2.43. The highest BCUT2D eigenvalue weighted by Crippen LogP contribution is 2.29. The van der Waals surface area contributed by atoms with Gasteiger partial charge >= 0.3 is 0 Å². The number of rotatable bonds is 3. The van der Waals surface area contributed by atoms with Crippen LogP contribution in [0.1, 0.15) is 25.7 Å². The van der Waals surface area contributed by atoms with Crippen LogP contribution in [0.4, 0.5) is 0 Å². The van der Waals surface area contributed by atoms with Gasteiger partial charge in [-0.3, -0.25) is 0 Å². The molecule has 19 heavy (non-hydrogen) atoms. The summed E-state index contributed by atoms with van der Waals surface area (Å²) in [5, 5.41) is 5.36. The molecule has 0 saturated carbocycles. The Kier molecular flexibility index (Phi) is 3.93. The van der Waals surface area contributed by atoms with E-state index in [1.165, 1.54) is 24.2 Å². The minimum atomic E-state index is -3.23. The number of sulfonamides is 1. The molecule has 3 heterocycles. The van der Waals surface area contributed by atoms with Crippen molar-refractivity contribution >= 4 is 21.4 Å². The number of nitrogens with zero attached hydrogens (tertiary/aromatic N) is 1. The zero-order valence-electron chi connectivity index (χ0n) is 10.9. The van der Waals surface area contributed by atoms with E-state index in [1.54, 1.807) is 16.4 Å². The van der Waals surface area contributed by atoms with Crippen molar-refractivity contribution in [2.75, 3.05) is 19.6 Å². The monoisotopic (exact) mass is 300 g/mol. The molecule has 3 rings (SSSR count). The standard InChI is InChI=1S/C13H20N2O2S2/c16-19(17,13-4-2-10-18-13)15-8-5-11(6-9-15)12-3-1-7-14-12/h2,4,10-12,14H,1,3,5-9H2. The second-order valence-corrected chi connectivity index (χ2v) is 8.49. The Labute approximate surface area is 118 Å². The largest absolute Gasteiger partial charge is 0.314 e. The molecule has 0 bridgehead atoms. The lowest BCUT2D eigenvalue weighted by molar-refractivity contribution is 0.234. The van der Waals surface area contributed by atoms with E-state index in [1.807, 2.05) is 5.38 Å². The molecule has 0 aliphatic carbocycles. The first-order valence-corrected chi connectivity index (χ1v) is 9.27. The molecule has 0 aromatic carbocycles. The molecule has 1 N–H and O–H groups in total. The van der Waals surface area contributed by atoms with Gasteiger partial charge in [0.2, 0.25) is 0 Å². The van der Waals surface area contributed by atoms with Crippen LogP contribution in [0, 0.1) is 5.92 Å². The van der Waals surface area contributed by atoms with Gasteiger partial charge in [0.1, 0.15) is 4.21 Å². The van der Waals surface area contributed by atoms with Crippen molar-refractivity contribution in [3.8, 4) is 0 Å². The molecule has 2 fully saturated rings. The average molecular weight is 300 g/mol. The molecule has 106 valence electrons. The molecule has 4 nitrogen and oxygen atoms in total. The van der Waals surface area contributed by atoms with Gasteiger partial charge in [0.25, 0.3) is 10.0 Å². The summed E-state index contributed by atoms with van der Waals surface area (Å²) < 4.78 is 26.9. The quantitative estimate of drug-likeness (QED) is 0.927. The van der Waals surface area contributed by atoms with E-state index in [4.69, 9.17) is 0 Å². The van der Waals surface area contributed by atoms with Gasteiger partial charge in [-0.05, 0) is 49.6 Å². The van der Waals surface area contributed by atoms with Gasteiger partial charge in [-0.25, -0.2) is 8.42 Å². The predicted molar refractivity (Wildman–Crippen MR) is 76.8 cm³/mol. The second-order valence-electron chi connectivity index (χ2n) is 5.38. The summed E-state index contributed by atoms with van der Waals surface area (Å²) in [6.07, 6.45) is 4.49. The summed E-state index contributed by atoms with van der Waals surface area (Å²) in [6, 6.07) is 4.11. The Bertz CT molecular complexity index is 499. The zero-order valence-corrected chi connectivity index (χ0v) is 12.5. The maximum Gasteiger partial charge on any atom is 0.252 e. The Hall–Kier alpha value is -0.430.